The first kappa shape index (κ1) is 16.6. The third-order valence-electron chi connectivity index (χ3n) is 3.58. The van der Waals surface area contributed by atoms with E-state index in [9.17, 15) is 13.6 Å². The lowest BCUT2D eigenvalue weighted by Gasteiger charge is -2.15. The summed E-state index contributed by atoms with van der Waals surface area (Å²) >= 11 is 0. The Morgan fingerprint density at radius 2 is 1.88 bits per heavy atom. The first-order chi connectivity index (χ1) is 12.1. The molecule has 1 N–H and O–H groups in total. The van der Waals surface area contributed by atoms with Crippen molar-refractivity contribution >= 4 is 11.6 Å². The number of rotatable bonds is 5. The van der Waals surface area contributed by atoms with E-state index in [0.29, 0.717) is 6.54 Å². The molecule has 0 unspecified atom stereocenters. The molecule has 0 saturated carbocycles. The number of anilines is 2. The predicted molar refractivity (Wildman–Crippen MR) is 90.2 cm³/mol. The third kappa shape index (κ3) is 3.65. The second-order valence-corrected chi connectivity index (χ2v) is 5.28. The summed E-state index contributed by atoms with van der Waals surface area (Å²) in [6.45, 7) is 0.365. The van der Waals surface area contributed by atoms with Crippen LogP contribution in [0.2, 0.25) is 0 Å². The Labute approximate surface area is 142 Å². The minimum Gasteiger partial charge on any atom is -0.490 e. The van der Waals surface area contributed by atoms with Gasteiger partial charge in [-0.2, -0.15) is 4.98 Å². The summed E-state index contributed by atoms with van der Waals surface area (Å²) in [6, 6.07) is 13.2. The van der Waals surface area contributed by atoms with Gasteiger partial charge in [0.25, 0.3) is 0 Å². The van der Waals surface area contributed by atoms with Gasteiger partial charge in [-0.25, -0.2) is 8.78 Å². The van der Waals surface area contributed by atoms with Gasteiger partial charge >= 0.3 is 5.56 Å². The molecule has 0 bridgehead atoms. The molecule has 2 aromatic carbocycles. The monoisotopic (exact) mass is 343 g/mol. The predicted octanol–water partition coefficient (Wildman–Crippen LogP) is 3.32. The van der Waals surface area contributed by atoms with Crippen LogP contribution in [0.5, 0.6) is 5.75 Å². The zero-order chi connectivity index (χ0) is 17.8. The number of aromatic nitrogens is 2. The number of hydrogen-bond acceptors (Lipinski definition) is 4. The lowest BCUT2D eigenvalue weighted by Crippen LogP contribution is -2.19. The van der Waals surface area contributed by atoms with Gasteiger partial charge in [-0.05, 0) is 17.7 Å². The minimum atomic E-state index is -1.04. The number of halogens is 2. The second-order valence-electron chi connectivity index (χ2n) is 5.28. The summed E-state index contributed by atoms with van der Waals surface area (Å²) in [5.74, 6) is -1.89. The topological polar surface area (TPSA) is 56.1 Å². The van der Waals surface area contributed by atoms with Crippen molar-refractivity contribution in [1.82, 2.24) is 9.55 Å². The number of hydrogen-bond donors (Lipinski definition) is 1. The van der Waals surface area contributed by atoms with Crippen LogP contribution in [-0.2, 0) is 6.54 Å². The highest BCUT2D eigenvalue weighted by atomic mass is 19.2. The summed E-state index contributed by atoms with van der Waals surface area (Å²) in [6.07, 6.45) is 1.47. The van der Waals surface area contributed by atoms with Crippen molar-refractivity contribution in [2.24, 2.45) is 0 Å². The van der Waals surface area contributed by atoms with E-state index in [1.165, 1.54) is 25.4 Å². The highest BCUT2D eigenvalue weighted by Gasteiger charge is 2.13. The van der Waals surface area contributed by atoms with Gasteiger partial charge in [0.2, 0.25) is 11.7 Å². The zero-order valence-electron chi connectivity index (χ0n) is 13.4. The maximum Gasteiger partial charge on any atom is 0.316 e. The summed E-state index contributed by atoms with van der Waals surface area (Å²) in [5, 5.41) is 2.68. The van der Waals surface area contributed by atoms with E-state index in [4.69, 9.17) is 4.74 Å². The van der Waals surface area contributed by atoms with Crippen LogP contribution >= 0.6 is 0 Å². The highest BCUT2D eigenvalue weighted by molar-refractivity contribution is 5.54. The van der Waals surface area contributed by atoms with E-state index >= 15 is 0 Å². The van der Waals surface area contributed by atoms with Crippen LogP contribution in [0.4, 0.5) is 20.4 Å². The van der Waals surface area contributed by atoms with Crippen molar-refractivity contribution < 1.29 is 13.5 Å². The Morgan fingerprint density at radius 3 is 2.60 bits per heavy atom. The van der Waals surface area contributed by atoms with Crippen LogP contribution in [0, 0.1) is 11.6 Å². The molecule has 0 spiro atoms. The SMILES string of the molecule is COc1cn(Cc2ccccc2)c(Nc2cccc(F)c2F)nc1=O. The molecule has 7 heteroatoms. The van der Waals surface area contributed by atoms with E-state index < -0.39 is 17.2 Å². The first-order valence-electron chi connectivity index (χ1n) is 7.49. The van der Waals surface area contributed by atoms with Crippen molar-refractivity contribution in [3.63, 3.8) is 0 Å². The molecule has 0 aliphatic carbocycles. The molecule has 1 aromatic heterocycles. The van der Waals surface area contributed by atoms with Crippen LogP contribution in [0.1, 0.15) is 5.56 Å². The van der Waals surface area contributed by atoms with Gasteiger partial charge in [0.05, 0.1) is 25.5 Å². The number of nitrogens with zero attached hydrogens (tertiary/aromatic N) is 2. The zero-order valence-corrected chi connectivity index (χ0v) is 13.4. The van der Waals surface area contributed by atoms with Crippen LogP contribution in [-0.4, -0.2) is 16.7 Å². The van der Waals surface area contributed by atoms with Crippen molar-refractivity contribution in [3.8, 4) is 5.75 Å². The molecule has 0 aliphatic rings. The average Bonchev–Trinajstić information content (AvgIpc) is 2.62. The summed E-state index contributed by atoms with van der Waals surface area (Å²) in [4.78, 5) is 15.8. The molecule has 0 fully saturated rings. The lowest BCUT2D eigenvalue weighted by atomic mass is 10.2. The van der Waals surface area contributed by atoms with Gasteiger partial charge in [0, 0.05) is 0 Å². The van der Waals surface area contributed by atoms with E-state index in [1.54, 1.807) is 4.57 Å². The maximum absolute atomic E-state index is 13.9. The smallest absolute Gasteiger partial charge is 0.316 e. The molecule has 3 rings (SSSR count). The number of benzene rings is 2. The average molecular weight is 343 g/mol. The van der Waals surface area contributed by atoms with Crippen molar-refractivity contribution in [3.05, 3.63) is 82.3 Å². The second kappa shape index (κ2) is 7.12. The molecule has 5 nitrogen and oxygen atoms in total. The number of nitrogens with one attached hydrogen (secondary N) is 1. The fraction of sp³-hybridized carbons (Fsp3) is 0.111. The largest absolute Gasteiger partial charge is 0.490 e. The molecule has 0 saturated heterocycles. The standard InChI is InChI=1S/C18H15F2N3O2/c1-25-15-11-23(10-12-6-3-2-4-7-12)18(22-17(15)24)21-14-9-5-8-13(19)16(14)20/h2-9,11H,10H2,1H3,(H,21,22,24). The molecular formula is C18H15F2N3O2. The van der Waals surface area contributed by atoms with Crippen molar-refractivity contribution in [1.29, 1.82) is 0 Å². The van der Waals surface area contributed by atoms with E-state index in [1.807, 2.05) is 30.3 Å². The highest BCUT2D eigenvalue weighted by Crippen LogP contribution is 2.21. The Morgan fingerprint density at radius 1 is 1.12 bits per heavy atom. The van der Waals surface area contributed by atoms with Crippen LogP contribution < -0.4 is 15.6 Å². The van der Waals surface area contributed by atoms with Crippen molar-refractivity contribution in [2.75, 3.05) is 12.4 Å². The molecule has 128 valence electrons. The fourth-order valence-corrected chi connectivity index (χ4v) is 2.33. The molecule has 0 atom stereocenters. The van der Waals surface area contributed by atoms with E-state index in [-0.39, 0.29) is 17.4 Å². The Hall–Kier alpha value is -3.22. The Bertz CT molecular complexity index is 943. The lowest BCUT2D eigenvalue weighted by molar-refractivity contribution is 0.402. The van der Waals surface area contributed by atoms with Crippen molar-refractivity contribution in [2.45, 2.75) is 6.54 Å². The molecular weight excluding hydrogens is 328 g/mol. The maximum atomic E-state index is 13.9. The molecule has 0 aliphatic heterocycles. The molecule has 1 heterocycles. The van der Waals surface area contributed by atoms with Gasteiger partial charge in [-0.15, -0.1) is 0 Å². The molecule has 0 radical (unpaired) electrons. The number of methoxy groups -OCH3 is 1. The Kier molecular flexibility index (Phi) is 4.74. The third-order valence-corrected chi connectivity index (χ3v) is 3.58. The molecule has 3 aromatic rings. The van der Waals surface area contributed by atoms with Gasteiger partial charge in [-0.3, -0.25) is 4.79 Å². The van der Waals surface area contributed by atoms with E-state index in [2.05, 4.69) is 10.3 Å². The van der Waals surface area contributed by atoms with Gasteiger partial charge in [-0.1, -0.05) is 36.4 Å². The quantitative estimate of drug-likeness (QED) is 0.772. The Balaban J connectivity index is 2.03. The first-order valence-corrected chi connectivity index (χ1v) is 7.49. The van der Waals surface area contributed by atoms with Crippen LogP contribution in [0.25, 0.3) is 0 Å². The van der Waals surface area contributed by atoms with E-state index in [0.717, 1.165) is 11.6 Å². The normalized spacial score (nSPS) is 10.5. The summed E-state index contributed by atoms with van der Waals surface area (Å²) in [5.41, 5.74) is 0.225. The van der Waals surface area contributed by atoms with Gasteiger partial charge < -0.3 is 14.6 Å². The van der Waals surface area contributed by atoms with Crippen LogP contribution in [0.3, 0.4) is 0 Å². The van der Waals surface area contributed by atoms with Crippen LogP contribution in [0.15, 0.2) is 59.5 Å². The fourth-order valence-electron chi connectivity index (χ4n) is 2.33. The van der Waals surface area contributed by atoms with Gasteiger partial charge in [0.15, 0.2) is 11.6 Å². The number of ether oxygens (including phenoxy) is 1. The summed E-state index contributed by atoms with van der Waals surface area (Å²) < 4.78 is 33.9. The molecule has 25 heavy (non-hydrogen) atoms. The summed E-state index contributed by atoms with van der Waals surface area (Å²) in [7, 11) is 1.37. The van der Waals surface area contributed by atoms with Gasteiger partial charge in [0.1, 0.15) is 0 Å². The molecule has 0 amide bonds. The minimum absolute atomic E-state index is 0.0567.